The van der Waals surface area contributed by atoms with Gasteiger partial charge in [0, 0.05) is 32.4 Å². The molecular formula is C18H20N4O3. The first-order valence-corrected chi connectivity index (χ1v) is 8.53. The summed E-state index contributed by atoms with van der Waals surface area (Å²) in [6.07, 6.45) is 4.01. The van der Waals surface area contributed by atoms with Crippen LogP contribution in [0, 0.1) is 0 Å². The SMILES string of the molecule is CCc1noc2ncc(C(=O)N3CCN(Cc4ccco4)CC3)cc12. The molecule has 7 nitrogen and oxygen atoms in total. The van der Waals surface area contributed by atoms with Crippen LogP contribution < -0.4 is 0 Å². The summed E-state index contributed by atoms with van der Waals surface area (Å²) < 4.78 is 10.6. The van der Waals surface area contributed by atoms with E-state index in [-0.39, 0.29) is 5.91 Å². The number of carbonyl (C=O) groups excluding carboxylic acids is 1. The van der Waals surface area contributed by atoms with Crippen molar-refractivity contribution in [2.24, 2.45) is 0 Å². The molecule has 1 aliphatic heterocycles. The summed E-state index contributed by atoms with van der Waals surface area (Å²) in [7, 11) is 0. The highest BCUT2D eigenvalue weighted by atomic mass is 16.5. The highest BCUT2D eigenvalue weighted by Crippen LogP contribution is 2.19. The molecule has 0 atom stereocenters. The summed E-state index contributed by atoms with van der Waals surface area (Å²) in [5.41, 5.74) is 1.90. The Labute approximate surface area is 145 Å². The molecule has 0 radical (unpaired) electrons. The monoisotopic (exact) mass is 340 g/mol. The second-order valence-corrected chi connectivity index (χ2v) is 6.21. The second-order valence-electron chi connectivity index (χ2n) is 6.21. The van der Waals surface area contributed by atoms with Crippen molar-refractivity contribution in [3.8, 4) is 0 Å². The number of carbonyl (C=O) groups is 1. The van der Waals surface area contributed by atoms with E-state index in [0.29, 0.717) is 24.4 Å². The molecule has 4 heterocycles. The molecule has 1 fully saturated rings. The summed E-state index contributed by atoms with van der Waals surface area (Å²) in [5, 5.41) is 4.82. The maximum Gasteiger partial charge on any atom is 0.257 e. The molecule has 0 aliphatic carbocycles. The van der Waals surface area contributed by atoms with Crippen molar-refractivity contribution in [3.63, 3.8) is 0 Å². The van der Waals surface area contributed by atoms with E-state index in [0.717, 1.165) is 42.9 Å². The largest absolute Gasteiger partial charge is 0.468 e. The fraction of sp³-hybridized carbons (Fsp3) is 0.389. The maximum atomic E-state index is 12.8. The Morgan fingerprint density at radius 1 is 1.28 bits per heavy atom. The topological polar surface area (TPSA) is 75.6 Å². The van der Waals surface area contributed by atoms with Gasteiger partial charge in [0.05, 0.1) is 29.5 Å². The molecular weight excluding hydrogens is 320 g/mol. The zero-order valence-corrected chi connectivity index (χ0v) is 14.1. The molecule has 1 amide bonds. The first kappa shape index (κ1) is 15.8. The van der Waals surface area contributed by atoms with Crippen LogP contribution in [0.25, 0.3) is 11.1 Å². The Morgan fingerprint density at radius 2 is 2.12 bits per heavy atom. The van der Waals surface area contributed by atoms with Gasteiger partial charge in [-0.05, 0) is 24.6 Å². The van der Waals surface area contributed by atoms with Crippen molar-refractivity contribution in [1.82, 2.24) is 19.9 Å². The molecule has 0 aromatic carbocycles. The lowest BCUT2D eigenvalue weighted by Gasteiger charge is -2.34. The lowest BCUT2D eigenvalue weighted by atomic mass is 10.1. The number of fused-ring (bicyclic) bond motifs is 1. The molecule has 1 saturated heterocycles. The first-order chi connectivity index (χ1) is 12.2. The Kier molecular flexibility index (Phi) is 4.23. The van der Waals surface area contributed by atoms with Gasteiger partial charge in [0.1, 0.15) is 5.76 Å². The number of rotatable bonds is 4. The lowest BCUT2D eigenvalue weighted by Crippen LogP contribution is -2.48. The molecule has 25 heavy (non-hydrogen) atoms. The number of aromatic nitrogens is 2. The van der Waals surface area contributed by atoms with Crippen molar-refractivity contribution in [3.05, 3.63) is 47.7 Å². The highest BCUT2D eigenvalue weighted by molar-refractivity contribution is 5.97. The van der Waals surface area contributed by atoms with Crippen LogP contribution in [-0.2, 0) is 13.0 Å². The van der Waals surface area contributed by atoms with Gasteiger partial charge in [-0.2, -0.15) is 0 Å². The minimum atomic E-state index is 0.00954. The predicted molar refractivity (Wildman–Crippen MR) is 91.1 cm³/mol. The van der Waals surface area contributed by atoms with E-state index < -0.39 is 0 Å². The number of nitrogens with zero attached hydrogens (tertiary/aromatic N) is 4. The lowest BCUT2D eigenvalue weighted by molar-refractivity contribution is 0.0620. The van der Waals surface area contributed by atoms with E-state index in [1.807, 2.05) is 30.0 Å². The summed E-state index contributed by atoms with van der Waals surface area (Å²) in [6, 6.07) is 5.71. The van der Waals surface area contributed by atoms with E-state index >= 15 is 0 Å². The normalized spacial score (nSPS) is 15.8. The molecule has 3 aromatic rings. The highest BCUT2D eigenvalue weighted by Gasteiger charge is 2.23. The Hall–Kier alpha value is -2.67. The molecule has 7 heteroatoms. The molecule has 0 saturated carbocycles. The quantitative estimate of drug-likeness (QED) is 0.726. The van der Waals surface area contributed by atoms with Gasteiger partial charge < -0.3 is 13.8 Å². The van der Waals surface area contributed by atoms with Gasteiger partial charge in [-0.1, -0.05) is 12.1 Å². The third kappa shape index (κ3) is 3.15. The Balaban J connectivity index is 1.43. The standard InChI is InChI=1S/C18H20N4O3/c1-2-16-15-10-13(11-19-17(15)25-20-16)18(23)22-7-5-21(6-8-22)12-14-4-3-9-24-14/h3-4,9-11H,2,5-8,12H2,1H3. The van der Waals surface area contributed by atoms with Crippen molar-refractivity contribution in [1.29, 1.82) is 0 Å². The average molecular weight is 340 g/mol. The summed E-state index contributed by atoms with van der Waals surface area (Å²) in [6.45, 7) is 5.84. The third-order valence-corrected chi connectivity index (χ3v) is 4.61. The van der Waals surface area contributed by atoms with Crippen LogP contribution in [0.5, 0.6) is 0 Å². The van der Waals surface area contributed by atoms with Crippen molar-refractivity contribution in [2.75, 3.05) is 26.2 Å². The van der Waals surface area contributed by atoms with E-state index in [1.54, 1.807) is 12.5 Å². The molecule has 130 valence electrons. The summed E-state index contributed by atoms with van der Waals surface area (Å²) in [5.74, 6) is 0.962. The molecule has 4 rings (SSSR count). The minimum Gasteiger partial charge on any atom is -0.468 e. The fourth-order valence-electron chi connectivity index (χ4n) is 3.17. The minimum absolute atomic E-state index is 0.00954. The zero-order valence-electron chi connectivity index (χ0n) is 14.1. The van der Waals surface area contributed by atoms with Crippen LogP contribution >= 0.6 is 0 Å². The first-order valence-electron chi connectivity index (χ1n) is 8.53. The molecule has 1 aliphatic rings. The van der Waals surface area contributed by atoms with Crippen LogP contribution in [0.2, 0.25) is 0 Å². The number of piperazine rings is 1. The third-order valence-electron chi connectivity index (χ3n) is 4.61. The Bertz CT molecular complexity index is 864. The van der Waals surface area contributed by atoms with Gasteiger partial charge in [-0.25, -0.2) is 4.98 Å². The predicted octanol–water partition coefficient (Wildman–Crippen LogP) is 2.34. The van der Waals surface area contributed by atoms with Crippen LogP contribution in [0.15, 0.2) is 39.6 Å². The van der Waals surface area contributed by atoms with Gasteiger partial charge in [0.15, 0.2) is 0 Å². The number of amides is 1. The van der Waals surface area contributed by atoms with E-state index in [2.05, 4.69) is 15.0 Å². The van der Waals surface area contributed by atoms with Crippen LogP contribution in [0.1, 0.15) is 28.7 Å². The number of hydrogen-bond acceptors (Lipinski definition) is 6. The van der Waals surface area contributed by atoms with Gasteiger partial charge in [-0.3, -0.25) is 9.69 Å². The fourth-order valence-corrected chi connectivity index (χ4v) is 3.17. The number of aryl methyl sites for hydroxylation is 1. The Morgan fingerprint density at radius 3 is 2.84 bits per heavy atom. The van der Waals surface area contributed by atoms with Gasteiger partial charge in [0.2, 0.25) is 0 Å². The van der Waals surface area contributed by atoms with E-state index in [1.165, 1.54) is 0 Å². The summed E-state index contributed by atoms with van der Waals surface area (Å²) in [4.78, 5) is 21.2. The van der Waals surface area contributed by atoms with Crippen molar-refractivity contribution in [2.45, 2.75) is 19.9 Å². The maximum absolute atomic E-state index is 12.8. The van der Waals surface area contributed by atoms with Crippen LogP contribution in [0.4, 0.5) is 0 Å². The van der Waals surface area contributed by atoms with Gasteiger partial charge >= 0.3 is 0 Å². The zero-order chi connectivity index (χ0) is 17.2. The molecule has 0 unspecified atom stereocenters. The van der Waals surface area contributed by atoms with Crippen LogP contribution in [-0.4, -0.2) is 52.0 Å². The van der Waals surface area contributed by atoms with E-state index in [4.69, 9.17) is 8.94 Å². The second kappa shape index (κ2) is 6.68. The number of furan rings is 1. The molecule has 0 N–H and O–H groups in total. The van der Waals surface area contributed by atoms with Crippen molar-refractivity contribution < 1.29 is 13.7 Å². The summed E-state index contributed by atoms with van der Waals surface area (Å²) >= 11 is 0. The van der Waals surface area contributed by atoms with Crippen LogP contribution in [0.3, 0.4) is 0 Å². The van der Waals surface area contributed by atoms with Crippen molar-refractivity contribution >= 4 is 17.0 Å². The smallest absolute Gasteiger partial charge is 0.257 e. The molecule has 3 aromatic heterocycles. The number of pyridine rings is 1. The molecule has 0 bridgehead atoms. The average Bonchev–Trinajstić information content (AvgIpc) is 3.30. The van der Waals surface area contributed by atoms with E-state index in [9.17, 15) is 4.79 Å². The number of hydrogen-bond donors (Lipinski definition) is 0. The van der Waals surface area contributed by atoms with Gasteiger partial charge in [-0.15, -0.1) is 0 Å². The molecule has 0 spiro atoms. The van der Waals surface area contributed by atoms with Gasteiger partial charge in [0.25, 0.3) is 11.6 Å².